The summed E-state index contributed by atoms with van der Waals surface area (Å²) in [6, 6.07) is 23.0. The molecule has 136 valence electrons. The van der Waals surface area contributed by atoms with Crippen molar-refractivity contribution in [3.05, 3.63) is 101 Å². The first-order chi connectivity index (χ1) is 13.2. The number of carbonyl (C=O) groups excluding carboxylic acids is 1. The maximum atomic E-state index is 12.9. The van der Waals surface area contributed by atoms with E-state index in [9.17, 15) is 9.18 Å². The van der Waals surface area contributed by atoms with Gasteiger partial charge < -0.3 is 4.74 Å². The first-order valence-corrected chi connectivity index (χ1v) is 8.52. The summed E-state index contributed by atoms with van der Waals surface area (Å²) in [4.78, 5) is 11.8. The lowest BCUT2D eigenvalue weighted by atomic mass is 10.1. The Morgan fingerprint density at radius 1 is 0.926 bits per heavy atom. The average Bonchev–Trinajstić information content (AvgIpc) is 2.69. The van der Waals surface area contributed by atoms with Crippen molar-refractivity contribution in [2.45, 2.75) is 13.0 Å². The fourth-order valence-electron chi connectivity index (χ4n) is 2.40. The van der Waals surface area contributed by atoms with Gasteiger partial charge in [0.1, 0.15) is 18.2 Å². The summed E-state index contributed by atoms with van der Waals surface area (Å²) in [7, 11) is 0. The quantitative estimate of drug-likeness (QED) is 0.508. The fraction of sp³-hybridized carbons (Fsp3) is 0.0909. The summed E-state index contributed by atoms with van der Waals surface area (Å²) in [5.41, 5.74) is 5.18. The van der Waals surface area contributed by atoms with Crippen LogP contribution in [0.5, 0.6) is 5.75 Å². The standard InChI is InChI=1S/C22H19FN2O2/c23-20-10-6-19(7-11-20)16-27-21-12-8-18(9-13-21)15-24-25-22(26)14-17-4-2-1-3-5-17/h1-13,15H,14,16H2,(H,25,26). The van der Waals surface area contributed by atoms with Gasteiger partial charge in [-0.05, 0) is 53.1 Å². The van der Waals surface area contributed by atoms with E-state index < -0.39 is 0 Å². The van der Waals surface area contributed by atoms with Crippen molar-refractivity contribution in [2.24, 2.45) is 5.10 Å². The molecule has 0 bridgehead atoms. The number of nitrogens with zero attached hydrogens (tertiary/aromatic N) is 1. The fourth-order valence-corrected chi connectivity index (χ4v) is 2.40. The van der Waals surface area contributed by atoms with Crippen molar-refractivity contribution in [1.82, 2.24) is 5.43 Å². The second-order valence-electron chi connectivity index (χ2n) is 5.94. The van der Waals surface area contributed by atoms with E-state index in [-0.39, 0.29) is 18.1 Å². The lowest BCUT2D eigenvalue weighted by Crippen LogP contribution is -2.19. The minimum absolute atomic E-state index is 0.170. The van der Waals surface area contributed by atoms with Crippen LogP contribution in [0.3, 0.4) is 0 Å². The second kappa shape index (κ2) is 9.29. The van der Waals surface area contributed by atoms with Gasteiger partial charge in [-0.1, -0.05) is 42.5 Å². The van der Waals surface area contributed by atoms with Crippen LogP contribution in [0.1, 0.15) is 16.7 Å². The van der Waals surface area contributed by atoms with Crippen molar-refractivity contribution in [1.29, 1.82) is 0 Å². The van der Waals surface area contributed by atoms with Crippen molar-refractivity contribution < 1.29 is 13.9 Å². The Morgan fingerprint density at radius 2 is 1.63 bits per heavy atom. The Hall–Kier alpha value is -3.47. The maximum absolute atomic E-state index is 12.9. The maximum Gasteiger partial charge on any atom is 0.244 e. The van der Waals surface area contributed by atoms with Crippen molar-refractivity contribution >= 4 is 12.1 Å². The summed E-state index contributed by atoms with van der Waals surface area (Å²) in [5, 5.41) is 3.97. The van der Waals surface area contributed by atoms with E-state index in [1.807, 2.05) is 54.6 Å². The number of halogens is 1. The number of carbonyl (C=O) groups is 1. The highest BCUT2D eigenvalue weighted by Crippen LogP contribution is 2.14. The highest BCUT2D eigenvalue weighted by Gasteiger charge is 2.01. The van der Waals surface area contributed by atoms with Crippen LogP contribution in [-0.4, -0.2) is 12.1 Å². The Morgan fingerprint density at radius 3 is 2.33 bits per heavy atom. The molecule has 1 amide bonds. The van der Waals surface area contributed by atoms with Gasteiger partial charge in [-0.3, -0.25) is 4.79 Å². The van der Waals surface area contributed by atoms with Crippen LogP contribution in [0.4, 0.5) is 4.39 Å². The van der Waals surface area contributed by atoms with Crippen molar-refractivity contribution in [2.75, 3.05) is 0 Å². The zero-order chi connectivity index (χ0) is 18.9. The normalized spacial score (nSPS) is 10.7. The third-order valence-electron chi connectivity index (χ3n) is 3.81. The van der Waals surface area contributed by atoms with Crippen LogP contribution >= 0.6 is 0 Å². The van der Waals surface area contributed by atoms with Crippen LogP contribution in [0.15, 0.2) is 84.0 Å². The van der Waals surface area contributed by atoms with Gasteiger partial charge >= 0.3 is 0 Å². The van der Waals surface area contributed by atoms with E-state index in [4.69, 9.17) is 4.74 Å². The van der Waals surface area contributed by atoms with Crippen molar-refractivity contribution in [3.63, 3.8) is 0 Å². The van der Waals surface area contributed by atoms with Gasteiger partial charge in [0.05, 0.1) is 12.6 Å². The highest BCUT2D eigenvalue weighted by atomic mass is 19.1. The molecule has 0 spiro atoms. The molecule has 1 N–H and O–H groups in total. The van der Waals surface area contributed by atoms with E-state index >= 15 is 0 Å². The zero-order valence-corrected chi connectivity index (χ0v) is 14.6. The molecule has 0 heterocycles. The minimum Gasteiger partial charge on any atom is -0.489 e. The van der Waals surface area contributed by atoms with Crippen LogP contribution in [0, 0.1) is 5.82 Å². The number of hydrogen-bond donors (Lipinski definition) is 1. The lowest BCUT2D eigenvalue weighted by Gasteiger charge is -2.06. The van der Waals surface area contributed by atoms with E-state index in [0.717, 1.165) is 16.7 Å². The summed E-state index contributed by atoms with van der Waals surface area (Å²) in [5.74, 6) is 0.263. The van der Waals surface area contributed by atoms with Crippen molar-refractivity contribution in [3.8, 4) is 5.75 Å². The molecule has 3 aromatic rings. The minimum atomic E-state index is -0.266. The Labute approximate surface area is 157 Å². The molecular weight excluding hydrogens is 343 g/mol. The predicted octanol–water partition coefficient (Wildman–Crippen LogP) is 4.10. The van der Waals surface area contributed by atoms with Crippen LogP contribution < -0.4 is 10.2 Å². The van der Waals surface area contributed by atoms with Gasteiger partial charge in [0, 0.05) is 0 Å². The molecule has 0 atom stereocenters. The van der Waals surface area contributed by atoms with Gasteiger partial charge in [-0.2, -0.15) is 5.10 Å². The average molecular weight is 362 g/mol. The topological polar surface area (TPSA) is 50.7 Å². The number of hydrogen-bond acceptors (Lipinski definition) is 3. The second-order valence-corrected chi connectivity index (χ2v) is 5.94. The number of nitrogens with one attached hydrogen (secondary N) is 1. The highest BCUT2D eigenvalue weighted by molar-refractivity contribution is 5.83. The first kappa shape index (κ1) is 18.3. The van der Waals surface area contributed by atoms with Crippen LogP contribution in [0.2, 0.25) is 0 Å². The first-order valence-electron chi connectivity index (χ1n) is 8.52. The lowest BCUT2D eigenvalue weighted by molar-refractivity contribution is -0.120. The number of amides is 1. The molecule has 0 aliphatic carbocycles. The summed E-state index contributed by atoms with van der Waals surface area (Å²) in [6.07, 6.45) is 1.86. The largest absolute Gasteiger partial charge is 0.489 e. The van der Waals surface area contributed by atoms with Gasteiger partial charge in [-0.15, -0.1) is 0 Å². The Kier molecular flexibility index (Phi) is 6.30. The molecule has 0 saturated heterocycles. The van der Waals surface area contributed by atoms with Crippen LogP contribution in [0.25, 0.3) is 0 Å². The van der Waals surface area contributed by atoms with Crippen LogP contribution in [-0.2, 0) is 17.8 Å². The SMILES string of the molecule is O=C(Cc1ccccc1)NN=Cc1ccc(OCc2ccc(F)cc2)cc1. The number of ether oxygens (including phenoxy) is 1. The van der Waals surface area contributed by atoms with E-state index in [2.05, 4.69) is 10.5 Å². The predicted molar refractivity (Wildman–Crippen MR) is 103 cm³/mol. The Balaban J connectivity index is 1.46. The molecule has 0 saturated carbocycles. The monoisotopic (exact) mass is 362 g/mol. The zero-order valence-electron chi connectivity index (χ0n) is 14.6. The Bertz CT molecular complexity index is 892. The van der Waals surface area contributed by atoms with Gasteiger partial charge in [-0.25, -0.2) is 9.82 Å². The molecule has 27 heavy (non-hydrogen) atoms. The summed E-state index contributed by atoms with van der Waals surface area (Å²) < 4.78 is 18.5. The molecule has 3 aromatic carbocycles. The van der Waals surface area contributed by atoms with Gasteiger partial charge in [0.15, 0.2) is 0 Å². The van der Waals surface area contributed by atoms with E-state index in [1.165, 1.54) is 12.1 Å². The molecule has 0 aliphatic rings. The number of rotatable bonds is 7. The third-order valence-corrected chi connectivity index (χ3v) is 3.81. The third kappa shape index (κ3) is 6.08. The molecule has 0 fully saturated rings. The number of hydrazone groups is 1. The van der Waals surface area contributed by atoms with Gasteiger partial charge in [0.2, 0.25) is 5.91 Å². The number of benzene rings is 3. The molecule has 0 aliphatic heterocycles. The molecule has 0 unspecified atom stereocenters. The molecule has 0 radical (unpaired) electrons. The summed E-state index contributed by atoms with van der Waals surface area (Å²) in [6.45, 7) is 0.364. The molecular formula is C22H19FN2O2. The van der Waals surface area contributed by atoms with E-state index in [0.29, 0.717) is 12.4 Å². The molecule has 5 heteroatoms. The summed E-state index contributed by atoms with van der Waals surface area (Å²) >= 11 is 0. The molecule has 4 nitrogen and oxygen atoms in total. The molecule has 3 rings (SSSR count). The van der Waals surface area contributed by atoms with E-state index in [1.54, 1.807) is 18.3 Å². The van der Waals surface area contributed by atoms with Gasteiger partial charge in [0.25, 0.3) is 0 Å². The smallest absolute Gasteiger partial charge is 0.244 e. The molecule has 0 aromatic heterocycles.